The lowest BCUT2D eigenvalue weighted by Crippen LogP contribution is -2.49. The van der Waals surface area contributed by atoms with Crippen LogP contribution in [0.25, 0.3) is 0 Å². The van der Waals surface area contributed by atoms with Gasteiger partial charge in [0, 0.05) is 31.6 Å². The third-order valence-electron chi connectivity index (χ3n) is 5.66. The number of piperidine rings is 1. The molecule has 3 amide bonds. The van der Waals surface area contributed by atoms with Crippen LogP contribution in [0.5, 0.6) is 0 Å². The Balaban J connectivity index is 1.52. The average Bonchev–Trinajstić information content (AvgIpc) is 3.19. The largest absolute Gasteiger partial charge is 0.454 e. The number of carbonyl (C=O) groups is 4. The molecule has 3 atom stereocenters. The summed E-state index contributed by atoms with van der Waals surface area (Å²) in [5.41, 5.74) is 0.168. The normalized spacial score (nSPS) is 21.7. The first-order valence-electron chi connectivity index (χ1n) is 10.8. The van der Waals surface area contributed by atoms with Gasteiger partial charge in [0.15, 0.2) is 6.61 Å². The third-order valence-corrected chi connectivity index (χ3v) is 5.66. The summed E-state index contributed by atoms with van der Waals surface area (Å²) in [5, 5.41) is 12.5. The molecule has 2 saturated heterocycles. The van der Waals surface area contributed by atoms with Crippen LogP contribution in [0.3, 0.4) is 0 Å². The molecule has 0 spiro atoms. The van der Waals surface area contributed by atoms with Crippen LogP contribution in [0.4, 0.5) is 4.39 Å². The van der Waals surface area contributed by atoms with Gasteiger partial charge in [-0.15, -0.1) is 0 Å². The number of rotatable bonds is 6. The molecule has 174 valence electrons. The number of aliphatic hydroxyl groups excluding tert-OH is 1. The molecule has 2 aliphatic heterocycles. The van der Waals surface area contributed by atoms with E-state index in [4.69, 9.17) is 4.74 Å². The molecule has 2 N–H and O–H groups in total. The quantitative estimate of drug-likeness (QED) is 0.610. The number of halogens is 1. The second-order valence-corrected chi connectivity index (χ2v) is 8.15. The van der Waals surface area contributed by atoms with E-state index >= 15 is 0 Å². The van der Waals surface area contributed by atoms with Gasteiger partial charge in [-0.1, -0.05) is 0 Å². The molecule has 3 unspecified atom stereocenters. The minimum atomic E-state index is -1.07. The lowest BCUT2D eigenvalue weighted by Gasteiger charge is -2.29. The Labute approximate surface area is 185 Å². The topological polar surface area (TPSA) is 116 Å². The number of amides is 3. The van der Waals surface area contributed by atoms with E-state index in [1.54, 1.807) is 11.8 Å². The zero-order chi connectivity index (χ0) is 23.3. The molecule has 2 heterocycles. The van der Waals surface area contributed by atoms with Crippen LogP contribution in [-0.2, 0) is 19.1 Å². The fourth-order valence-corrected chi connectivity index (χ4v) is 3.99. The number of aliphatic hydroxyl groups is 1. The van der Waals surface area contributed by atoms with Crippen LogP contribution in [0.1, 0.15) is 43.0 Å². The van der Waals surface area contributed by atoms with E-state index in [2.05, 4.69) is 5.32 Å². The Morgan fingerprint density at radius 3 is 2.47 bits per heavy atom. The monoisotopic (exact) mass is 449 g/mol. The maximum atomic E-state index is 13.1. The highest BCUT2D eigenvalue weighted by atomic mass is 19.1. The van der Waals surface area contributed by atoms with Crippen molar-refractivity contribution in [3.63, 3.8) is 0 Å². The van der Waals surface area contributed by atoms with Crippen LogP contribution in [0.15, 0.2) is 24.3 Å². The molecule has 10 heteroatoms. The summed E-state index contributed by atoms with van der Waals surface area (Å²) >= 11 is 0. The smallest absolute Gasteiger partial charge is 0.329 e. The molecule has 2 fully saturated rings. The number of likely N-dealkylation sites (tertiary alicyclic amines) is 2. The number of nitrogens with zero attached hydrogens (tertiary/aromatic N) is 2. The maximum Gasteiger partial charge on any atom is 0.329 e. The Hall–Kier alpha value is -3.01. The van der Waals surface area contributed by atoms with E-state index in [1.165, 1.54) is 12.1 Å². The second-order valence-electron chi connectivity index (χ2n) is 8.15. The van der Waals surface area contributed by atoms with Crippen molar-refractivity contribution in [3.8, 4) is 0 Å². The van der Waals surface area contributed by atoms with Crippen LogP contribution >= 0.6 is 0 Å². The highest BCUT2D eigenvalue weighted by Gasteiger charge is 2.40. The standard InChI is InChI=1S/C22H28FN3O6/c1-14(20(29)25-9-3-2-4-10-25)24-19(28)13-32-22(31)18-11-17(27)12-26(18)21(30)15-5-7-16(23)8-6-15/h5-8,14,17-18,27H,2-4,9-13H2,1H3,(H,24,28). The van der Waals surface area contributed by atoms with Crippen LogP contribution < -0.4 is 5.32 Å². The molecule has 3 rings (SSSR count). The summed E-state index contributed by atoms with van der Waals surface area (Å²) in [5.74, 6) is -2.70. The number of β-amino-alcohol motifs (C(OH)–C–C–N with tert-alkyl or cyclic N) is 1. The number of hydrogen-bond acceptors (Lipinski definition) is 6. The Morgan fingerprint density at radius 1 is 1.16 bits per heavy atom. The number of esters is 1. The van der Waals surface area contributed by atoms with Crippen molar-refractivity contribution in [3.05, 3.63) is 35.6 Å². The van der Waals surface area contributed by atoms with Crippen molar-refractivity contribution >= 4 is 23.7 Å². The molecular weight excluding hydrogens is 421 g/mol. The molecule has 0 aromatic heterocycles. The fraction of sp³-hybridized carbons (Fsp3) is 0.545. The number of ether oxygens (including phenoxy) is 1. The Morgan fingerprint density at radius 2 is 1.81 bits per heavy atom. The zero-order valence-corrected chi connectivity index (χ0v) is 18.0. The summed E-state index contributed by atoms with van der Waals surface area (Å²) in [4.78, 5) is 52.6. The van der Waals surface area contributed by atoms with Crippen molar-refractivity contribution in [1.82, 2.24) is 15.1 Å². The first-order valence-corrected chi connectivity index (χ1v) is 10.8. The minimum Gasteiger partial charge on any atom is -0.454 e. The first-order chi connectivity index (χ1) is 15.3. The fourth-order valence-electron chi connectivity index (χ4n) is 3.99. The molecule has 0 radical (unpaired) electrons. The van der Waals surface area contributed by atoms with Crippen LogP contribution in [-0.4, -0.2) is 83.0 Å². The summed E-state index contributed by atoms with van der Waals surface area (Å²) in [6.07, 6.45) is 2.00. The van der Waals surface area contributed by atoms with Gasteiger partial charge < -0.3 is 25.0 Å². The highest BCUT2D eigenvalue weighted by Crippen LogP contribution is 2.22. The molecule has 1 aromatic rings. The van der Waals surface area contributed by atoms with E-state index in [-0.39, 0.29) is 24.4 Å². The third kappa shape index (κ3) is 5.82. The van der Waals surface area contributed by atoms with Crippen molar-refractivity contribution < 1.29 is 33.4 Å². The number of carbonyl (C=O) groups excluding carboxylic acids is 4. The van der Waals surface area contributed by atoms with Gasteiger partial charge in [0.05, 0.1) is 6.10 Å². The van der Waals surface area contributed by atoms with Gasteiger partial charge in [-0.3, -0.25) is 14.4 Å². The SMILES string of the molecule is CC(NC(=O)COC(=O)C1CC(O)CN1C(=O)c1ccc(F)cc1)C(=O)N1CCCCC1. The van der Waals surface area contributed by atoms with Gasteiger partial charge in [-0.05, 0) is 50.5 Å². The number of benzene rings is 1. The summed E-state index contributed by atoms with van der Waals surface area (Å²) in [6, 6.07) is 3.03. The minimum absolute atomic E-state index is 0.0305. The first kappa shape index (κ1) is 23.6. The molecule has 9 nitrogen and oxygen atoms in total. The summed E-state index contributed by atoms with van der Waals surface area (Å²) < 4.78 is 18.2. The second kappa shape index (κ2) is 10.5. The molecular formula is C22H28FN3O6. The van der Waals surface area contributed by atoms with Crippen molar-refractivity contribution in [2.75, 3.05) is 26.2 Å². The van der Waals surface area contributed by atoms with Crippen LogP contribution in [0.2, 0.25) is 0 Å². The van der Waals surface area contributed by atoms with Gasteiger partial charge in [0.25, 0.3) is 11.8 Å². The molecule has 0 bridgehead atoms. The van der Waals surface area contributed by atoms with Crippen LogP contribution in [0, 0.1) is 5.82 Å². The Bertz CT molecular complexity index is 856. The van der Waals surface area contributed by atoms with Gasteiger partial charge in [0.2, 0.25) is 5.91 Å². The van der Waals surface area contributed by atoms with Gasteiger partial charge in [-0.25, -0.2) is 9.18 Å². The van der Waals surface area contributed by atoms with Gasteiger partial charge in [-0.2, -0.15) is 0 Å². The zero-order valence-electron chi connectivity index (χ0n) is 18.0. The summed E-state index contributed by atoms with van der Waals surface area (Å²) in [6.45, 7) is 2.21. The predicted molar refractivity (Wildman–Crippen MR) is 111 cm³/mol. The van der Waals surface area contributed by atoms with E-state index in [9.17, 15) is 28.7 Å². The summed E-state index contributed by atoms with van der Waals surface area (Å²) in [7, 11) is 0. The van der Waals surface area contributed by atoms with Gasteiger partial charge >= 0.3 is 5.97 Å². The average molecular weight is 449 g/mol. The maximum absolute atomic E-state index is 13.1. The predicted octanol–water partition coefficient (Wildman–Crippen LogP) is 0.462. The molecule has 0 aliphatic carbocycles. The van der Waals surface area contributed by atoms with Crippen molar-refractivity contribution in [1.29, 1.82) is 0 Å². The van der Waals surface area contributed by atoms with E-state index in [0.29, 0.717) is 13.1 Å². The van der Waals surface area contributed by atoms with Crippen molar-refractivity contribution in [2.24, 2.45) is 0 Å². The lowest BCUT2D eigenvalue weighted by atomic mass is 10.1. The van der Waals surface area contributed by atoms with E-state index in [0.717, 1.165) is 36.3 Å². The molecule has 2 aliphatic rings. The molecule has 1 aromatic carbocycles. The van der Waals surface area contributed by atoms with Gasteiger partial charge in [0.1, 0.15) is 17.9 Å². The molecule has 32 heavy (non-hydrogen) atoms. The Kier molecular flexibility index (Phi) is 7.79. The lowest BCUT2D eigenvalue weighted by molar-refractivity contribution is -0.152. The van der Waals surface area contributed by atoms with E-state index < -0.39 is 48.4 Å². The highest BCUT2D eigenvalue weighted by molar-refractivity contribution is 5.97. The van der Waals surface area contributed by atoms with Crippen molar-refractivity contribution in [2.45, 2.75) is 50.8 Å². The molecule has 0 saturated carbocycles. The number of hydrogen-bond donors (Lipinski definition) is 2. The van der Waals surface area contributed by atoms with E-state index in [1.807, 2.05) is 0 Å². The number of nitrogens with one attached hydrogen (secondary N) is 1.